The normalized spacial score (nSPS) is 23.7. The van der Waals surface area contributed by atoms with Crippen LogP contribution in [0.3, 0.4) is 0 Å². The highest BCUT2D eigenvalue weighted by Crippen LogP contribution is 2.20. The highest BCUT2D eigenvalue weighted by atomic mass is 16.3. The summed E-state index contributed by atoms with van der Waals surface area (Å²) in [5.74, 6) is -0.633. The van der Waals surface area contributed by atoms with Crippen LogP contribution in [0.2, 0.25) is 0 Å². The molecule has 21 heavy (non-hydrogen) atoms. The molecule has 2 amide bonds. The number of imide groups is 1. The largest absolute Gasteiger partial charge is 0.376 e. The zero-order chi connectivity index (χ0) is 15.6. The molecule has 2 N–H and O–H groups in total. The van der Waals surface area contributed by atoms with E-state index in [1.54, 1.807) is 6.92 Å². The molecule has 2 aliphatic rings. The maximum atomic E-state index is 11.7. The van der Waals surface area contributed by atoms with Gasteiger partial charge in [-0.15, -0.1) is 0 Å². The van der Waals surface area contributed by atoms with Gasteiger partial charge in [0.25, 0.3) is 11.8 Å². The third-order valence-electron chi connectivity index (χ3n) is 4.19. The van der Waals surface area contributed by atoms with Crippen LogP contribution in [0.25, 0.3) is 0 Å². The smallest absolute Gasteiger partial charge is 0.254 e. The van der Waals surface area contributed by atoms with Crippen LogP contribution in [0.15, 0.2) is 12.2 Å². The van der Waals surface area contributed by atoms with Crippen LogP contribution >= 0.6 is 0 Å². The van der Waals surface area contributed by atoms with Gasteiger partial charge < -0.3 is 5.11 Å². The van der Waals surface area contributed by atoms with E-state index >= 15 is 0 Å². The number of nitrogens with zero attached hydrogens (tertiary/aromatic N) is 2. The minimum absolute atomic E-state index is 0.316. The van der Waals surface area contributed by atoms with E-state index in [0.717, 1.165) is 25.9 Å². The average Bonchev–Trinajstić information content (AvgIpc) is 2.77. The first-order chi connectivity index (χ1) is 9.83. The van der Waals surface area contributed by atoms with Crippen molar-refractivity contribution in [3.63, 3.8) is 0 Å². The van der Waals surface area contributed by atoms with E-state index in [2.05, 4.69) is 10.2 Å². The zero-order valence-electron chi connectivity index (χ0n) is 13.0. The molecule has 2 rings (SSSR count). The molecule has 1 fully saturated rings. The van der Waals surface area contributed by atoms with Gasteiger partial charge in [0.15, 0.2) is 0 Å². The lowest BCUT2D eigenvalue weighted by Crippen LogP contribution is -2.63. The van der Waals surface area contributed by atoms with Crippen LogP contribution in [0, 0.1) is 0 Å². The first kappa shape index (κ1) is 16.1. The number of aliphatic hydroxyl groups is 1. The second-order valence-corrected chi connectivity index (χ2v) is 6.39. The first-order valence-corrected chi connectivity index (χ1v) is 7.58. The van der Waals surface area contributed by atoms with Crippen molar-refractivity contribution < 1.29 is 14.7 Å². The Bertz CT molecular complexity index is 423. The molecule has 6 nitrogen and oxygen atoms in total. The molecule has 0 spiro atoms. The fourth-order valence-electron chi connectivity index (χ4n) is 3.09. The van der Waals surface area contributed by atoms with Crippen LogP contribution in [0.5, 0.6) is 0 Å². The molecule has 2 unspecified atom stereocenters. The average molecular weight is 295 g/mol. The number of hydrogen-bond donors (Lipinski definition) is 2. The summed E-state index contributed by atoms with van der Waals surface area (Å²) >= 11 is 0. The molecule has 0 bridgehead atoms. The summed E-state index contributed by atoms with van der Waals surface area (Å²) in [6.45, 7) is 7.30. The number of piperidine rings is 1. The van der Waals surface area contributed by atoms with Crippen molar-refractivity contribution in [1.29, 1.82) is 0 Å². The summed E-state index contributed by atoms with van der Waals surface area (Å²) in [6, 6.07) is 0. The van der Waals surface area contributed by atoms with Gasteiger partial charge >= 0.3 is 0 Å². The number of nitrogens with one attached hydrogen (secondary N) is 1. The van der Waals surface area contributed by atoms with Crippen molar-refractivity contribution in [1.82, 2.24) is 15.1 Å². The van der Waals surface area contributed by atoms with E-state index in [0.29, 0.717) is 0 Å². The SMILES string of the molecule is CC(NC(C)(C)C(O)N1CCCCC1)N1C(=O)C=CC1=O. The molecule has 2 atom stereocenters. The molecule has 0 aromatic rings. The minimum Gasteiger partial charge on any atom is -0.376 e. The lowest BCUT2D eigenvalue weighted by atomic mass is 9.99. The van der Waals surface area contributed by atoms with E-state index in [4.69, 9.17) is 0 Å². The standard InChI is InChI=1S/C15H25N3O3/c1-11(18-12(19)7-8-13(18)20)16-15(2,3)14(21)17-9-5-4-6-10-17/h7-8,11,14,16,21H,4-6,9-10H2,1-3H3. The summed E-state index contributed by atoms with van der Waals surface area (Å²) in [4.78, 5) is 26.6. The van der Waals surface area contributed by atoms with Crippen LogP contribution in [0.1, 0.15) is 40.0 Å². The third-order valence-corrected chi connectivity index (χ3v) is 4.19. The topological polar surface area (TPSA) is 72.9 Å². The van der Waals surface area contributed by atoms with Crippen LogP contribution < -0.4 is 5.32 Å². The molecule has 6 heteroatoms. The molecule has 0 aromatic heterocycles. The fourth-order valence-corrected chi connectivity index (χ4v) is 3.09. The molecule has 0 saturated carbocycles. The Morgan fingerprint density at radius 3 is 2.19 bits per heavy atom. The Morgan fingerprint density at radius 1 is 1.14 bits per heavy atom. The number of likely N-dealkylation sites (tertiary alicyclic amines) is 1. The maximum Gasteiger partial charge on any atom is 0.254 e. The third kappa shape index (κ3) is 3.51. The molecule has 2 heterocycles. The van der Waals surface area contributed by atoms with Gasteiger partial charge in [-0.2, -0.15) is 0 Å². The van der Waals surface area contributed by atoms with Gasteiger partial charge in [-0.05, 0) is 33.6 Å². The number of rotatable bonds is 5. The van der Waals surface area contributed by atoms with E-state index in [-0.39, 0.29) is 11.8 Å². The zero-order valence-corrected chi connectivity index (χ0v) is 13.0. The molecule has 0 radical (unpaired) electrons. The van der Waals surface area contributed by atoms with Crippen molar-refractivity contribution in [2.45, 2.75) is 58.0 Å². The van der Waals surface area contributed by atoms with Crippen LogP contribution in [-0.2, 0) is 9.59 Å². The Morgan fingerprint density at radius 2 is 1.67 bits per heavy atom. The summed E-state index contributed by atoms with van der Waals surface area (Å²) in [5.41, 5.74) is -0.625. The Hall–Kier alpha value is -1.24. The first-order valence-electron chi connectivity index (χ1n) is 7.58. The summed E-state index contributed by atoms with van der Waals surface area (Å²) in [7, 11) is 0. The molecule has 0 aliphatic carbocycles. The van der Waals surface area contributed by atoms with Gasteiger partial charge in [0, 0.05) is 25.2 Å². The molecule has 2 aliphatic heterocycles. The van der Waals surface area contributed by atoms with Gasteiger partial charge in [0.2, 0.25) is 0 Å². The van der Waals surface area contributed by atoms with E-state index in [1.807, 2.05) is 13.8 Å². The lowest BCUT2D eigenvalue weighted by Gasteiger charge is -2.43. The van der Waals surface area contributed by atoms with Gasteiger partial charge in [-0.1, -0.05) is 6.42 Å². The number of aliphatic hydroxyl groups excluding tert-OH is 1. The molecule has 1 saturated heterocycles. The van der Waals surface area contributed by atoms with Crippen molar-refractivity contribution in [2.75, 3.05) is 13.1 Å². The van der Waals surface area contributed by atoms with Crippen LogP contribution in [-0.4, -0.2) is 57.7 Å². The van der Waals surface area contributed by atoms with E-state index < -0.39 is 17.9 Å². The second-order valence-electron chi connectivity index (χ2n) is 6.39. The number of carbonyl (C=O) groups excluding carboxylic acids is 2. The van der Waals surface area contributed by atoms with E-state index in [9.17, 15) is 14.7 Å². The molecule has 118 valence electrons. The maximum absolute atomic E-state index is 11.7. The van der Waals surface area contributed by atoms with Crippen molar-refractivity contribution in [2.24, 2.45) is 0 Å². The summed E-state index contributed by atoms with van der Waals surface area (Å²) in [6.07, 6.45) is 4.82. The fraction of sp³-hybridized carbons (Fsp3) is 0.733. The Kier molecular flexibility index (Phi) is 4.81. The predicted octanol–water partition coefficient (Wildman–Crippen LogP) is 0.430. The highest BCUT2D eigenvalue weighted by Gasteiger charge is 2.37. The summed E-state index contributed by atoms with van der Waals surface area (Å²) in [5, 5.41) is 13.8. The van der Waals surface area contributed by atoms with Crippen LogP contribution in [0.4, 0.5) is 0 Å². The minimum atomic E-state index is -0.652. The monoisotopic (exact) mass is 295 g/mol. The van der Waals surface area contributed by atoms with Gasteiger partial charge in [0.05, 0.1) is 11.7 Å². The van der Waals surface area contributed by atoms with Crippen molar-refractivity contribution in [3.8, 4) is 0 Å². The number of amides is 2. The van der Waals surface area contributed by atoms with E-state index in [1.165, 1.54) is 23.5 Å². The highest BCUT2D eigenvalue weighted by molar-refractivity contribution is 6.13. The number of hydrogen-bond acceptors (Lipinski definition) is 5. The van der Waals surface area contributed by atoms with Gasteiger partial charge in [0.1, 0.15) is 6.23 Å². The Labute approximate surface area is 125 Å². The predicted molar refractivity (Wildman–Crippen MR) is 79.1 cm³/mol. The van der Waals surface area contributed by atoms with Gasteiger partial charge in [-0.3, -0.25) is 24.7 Å². The lowest BCUT2D eigenvalue weighted by molar-refractivity contribution is -0.141. The Balaban J connectivity index is 1.99. The quantitative estimate of drug-likeness (QED) is 0.720. The number of carbonyl (C=O) groups is 2. The molecule has 0 aromatic carbocycles. The van der Waals surface area contributed by atoms with Crippen molar-refractivity contribution >= 4 is 11.8 Å². The van der Waals surface area contributed by atoms with Crippen molar-refractivity contribution in [3.05, 3.63) is 12.2 Å². The molecular weight excluding hydrogens is 270 g/mol. The van der Waals surface area contributed by atoms with Gasteiger partial charge in [-0.25, -0.2) is 0 Å². The molecular formula is C15H25N3O3. The second kappa shape index (κ2) is 6.25. The summed E-state index contributed by atoms with van der Waals surface area (Å²) < 4.78 is 0.